The van der Waals surface area contributed by atoms with E-state index in [-0.39, 0.29) is 6.03 Å². The lowest BCUT2D eigenvalue weighted by molar-refractivity contribution is 0.252. The minimum Gasteiger partial charge on any atom is -0.338 e. The van der Waals surface area contributed by atoms with E-state index in [0.29, 0.717) is 18.0 Å². The van der Waals surface area contributed by atoms with Crippen LogP contribution in [0.4, 0.5) is 10.5 Å². The van der Waals surface area contributed by atoms with E-state index < -0.39 is 10.8 Å². The van der Waals surface area contributed by atoms with Crippen LogP contribution in [0.15, 0.2) is 59.5 Å². The maximum absolute atomic E-state index is 12.3. The van der Waals surface area contributed by atoms with Gasteiger partial charge in [-0.3, -0.25) is 4.21 Å². The molecule has 0 fully saturated rings. The molecule has 0 radical (unpaired) electrons. The Morgan fingerprint density at radius 2 is 1.86 bits per heavy atom. The predicted molar refractivity (Wildman–Crippen MR) is 90.3 cm³/mol. The van der Waals surface area contributed by atoms with Crippen molar-refractivity contribution in [2.45, 2.75) is 24.0 Å². The van der Waals surface area contributed by atoms with Crippen molar-refractivity contribution < 1.29 is 9.00 Å². The lowest BCUT2D eigenvalue weighted by Crippen LogP contribution is -2.29. The lowest BCUT2D eigenvalue weighted by Gasteiger charge is -2.08. The van der Waals surface area contributed by atoms with Gasteiger partial charge in [-0.25, -0.2) is 4.79 Å². The summed E-state index contributed by atoms with van der Waals surface area (Å²) in [6, 6.07) is 16.6. The molecule has 1 atom stereocenters. The van der Waals surface area contributed by atoms with Gasteiger partial charge in [0.2, 0.25) is 0 Å². The summed E-state index contributed by atoms with van der Waals surface area (Å²) in [5.41, 5.74) is 1.63. The van der Waals surface area contributed by atoms with E-state index in [1.54, 1.807) is 0 Å². The predicted octanol–water partition coefficient (Wildman–Crippen LogP) is 3.53. The SMILES string of the molecule is CCCNC(=O)Nc1cccc(C[S@@](=O)c2ccccc2)c1. The molecule has 4 nitrogen and oxygen atoms in total. The number of urea groups is 1. The summed E-state index contributed by atoms with van der Waals surface area (Å²) in [6.45, 7) is 2.64. The van der Waals surface area contributed by atoms with Crippen LogP contribution in [0.1, 0.15) is 18.9 Å². The maximum Gasteiger partial charge on any atom is 0.319 e. The fourth-order valence-electron chi connectivity index (χ4n) is 1.96. The highest BCUT2D eigenvalue weighted by Gasteiger charge is 2.06. The highest BCUT2D eigenvalue weighted by molar-refractivity contribution is 7.84. The fraction of sp³-hybridized carbons (Fsp3) is 0.235. The van der Waals surface area contributed by atoms with Crippen LogP contribution in [0.3, 0.4) is 0 Å². The van der Waals surface area contributed by atoms with Gasteiger partial charge in [-0.1, -0.05) is 37.3 Å². The summed E-state index contributed by atoms with van der Waals surface area (Å²) < 4.78 is 12.3. The molecule has 0 bridgehead atoms. The van der Waals surface area contributed by atoms with Crippen LogP contribution in [0, 0.1) is 0 Å². The Morgan fingerprint density at radius 3 is 2.59 bits per heavy atom. The second-order valence-electron chi connectivity index (χ2n) is 4.88. The smallest absolute Gasteiger partial charge is 0.319 e. The maximum atomic E-state index is 12.3. The molecular formula is C17H20N2O2S. The van der Waals surface area contributed by atoms with Crippen molar-refractivity contribution in [3.63, 3.8) is 0 Å². The molecule has 0 aromatic heterocycles. The number of amides is 2. The van der Waals surface area contributed by atoms with Gasteiger partial charge in [0, 0.05) is 17.1 Å². The average molecular weight is 316 g/mol. The third-order valence-electron chi connectivity index (χ3n) is 3.02. The van der Waals surface area contributed by atoms with Gasteiger partial charge in [-0.15, -0.1) is 0 Å². The highest BCUT2D eigenvalue weighted by atomic mass is 32.2. The van der Waals surface area contributed by atoms with Gasteiger partial charge < -0.3 is 10.6 Å². The van der Waals surface area contributed by atoms with Gasteiger partial charge >= 0.3 is 6.03 Å². The van der Waals surface area contributed by atoms with Gasteiger partial charge in [-0.05, 0) is 36.2 Å². The summed E-state index contributed by atoms with van der Waals surface area (Å²) in [7, 11) is -1.09. The van der Waals surface area contributed by atoms with E-state index in [4.69, 9.17) is 0 Å². The standard InChI is InChI=1S/C17H20N2O2S/c1-2-11-18-17(20)19-15-8-6-7-14(12-15)13-22(21)16-9-4-3-5-10-16/h3-10,12H,2,11,13H2,1H3,(H2,18,19,20)/t22-/m1/s1. The highest BCUT2D eigenvalue weighted by Crippen LogP contribution is 2.15. The Balaban J connectivity index is 1.99. The summed E-state index contributed by atoms with van der Waals surface area (Å²) >= 11 is 0. The van der Waals surface area contributed by atoms with Crippen molar-refractivity contribution in [2.75, 3.05) is 11.9 Å². The molecule has 2 aromatic carbocycles. The Morgan fingerprint density at radius 1 is 1.09 bits per heavy atom. The summed E-state index contributed by atoms with van der Waals surface area (Å²) in [6.07, 6.45) is 0.892. The van der Waals surface area contributed by atoms with Crippen molar-refractivity contribution in [1.82, 2.24) is 5.32 Å². The summed E-state index contributed by atoms with van der Waals surface area (Å²) in [5, 5.41) is 5.54. The van der Waals surface area contributed by atoms with Crippen LogP contribution in [0.5, 0.6) is 0 Å². The number of carbonyl (C=O) groups excluding carboxylic acids is 1. The van der Waals surface area contributed by atoms with Crippen LogP contribution in [0.2, 0.25) is 0 Å². The normalized spacial score (nSPS) is 11.7. The van der Waals surface area contributed by atoms with Gasteiger partial charge in [0.25, 0.3) is 0 Å². The van der Waals surface area contributed by atoms with E-state index >= 15 is 0 Å². The average Bonchev–Trinajstić information content (AvgIpc) is 2.54. The minimum absolute atomic E-state index is 0.219. The molecule has 0 spiro atoms. The molecule has 0 aliphatic heterocycles. The van der Waals surface area contributed by atoms with Gasteiger partial charge in [-0.2, -0.15) is 0 Å². The molecule has 0 saturated heterocycles. The molecule has 2 amide bonds. The van der Waals surface area contributed by atoms with Crippen molar-refractivity contribution in [2.24, 2.45) is 0 Å². The number of nitrogens with one attached hydrogen (secondary N) is 2. The molecule has 2 N–H and O–H groups in total. The molecule has 5 heteroatoms. The van der Waals surface area contributed by atoms with Crippen LogP contribution in [-0.4, -0.2) is 16.8 Å². The van der Waals surface area contributed by atoms with Crippen LogP contribution in [0.25, 0.3) is 0 Å². The molecule has 2 aromatic rings. The molecule has 22 heavy (non-hydrogen) atoms. The second-order valence-corrected chi connectivity index (χ2v) is 6.34. The molecule has 0 heterocycles. The third kappa shape index (κ3) is 5.00. The molecule has 0 aliphatic carbocycles. The molecule has 0 aliphatic rings. The van der Waals surface area contributed by atoms with Gasteiger partial charge in [0.15, 0.2) is 0 Å². The Labute approximate surface area is 133 Å². The first-order valence-electron chi connectivity index (χ1n) is 7.26. The zero-order valence-electron chi connectivity index (χ0n) is 12.5. The van der Waals surface area contributed by atoms with Crippen molar-refractivity contribution in [1.29, 1.82) is 0 Å². The zero-order chi connectivity index (χ0) is 15.8. The first-order valence-corrected chi connectivity index (χ1v) is 8.58. The Kier molecular flexibility index (Phi) is 6.15. The Bertz CT molecular complexity index is 644. The summed E-state index contributed by atoms with van der Waals surface area (Å²) in [5.74, 6) is 0.427. The van der Waals surface area contributed by atoms with E-state index in [9.17, 15) is 9.00 Å². The second kappa shape index (κ2) is 8.34. The number of anilines is 1. The number of hydrogen-bond acceptors (Lipinski definition) is 2. The monoisotopic (exact) mass is 316 g/mol. The number of carbonyl (C=O) groups is 1. The topological polar surface area (TPSA) is 58.2 Å². The van der Waals surface area contributed by atoms with Crippen molar-refractivity contribution in [3.8, 4) is 0 Å². The lowest BCUT2D eigenvalue weighted by atomic mass is 10.2. The zero-order valence-corrected chi connectivity index (χ0v) is 13.4. The van der Waals surface area contributed by atoms with Crippen LogP contribution in [-0.2, 0) is 16.6 Å². The first kappa shape index (κ1) is 16.2. The van der Waals surface area contributed by atoms with E-state index in [0.717, 1.165) is 16.9 Å². The molecule has 2 rings (SSSR count). The van der Waals surface area contributed by atoms with E-state index in [1.165, 1.54) is 0 Å². The number of rotatable bonds is 6. The van der Waals surface area contributed by atoms with Crippen LogP contribution < -0.4 is 10.6 Å². The molecule has 0 unspecified atom stereocenters. The summed E-state index contributed by atoms with van der Waals surface area (Å²) in [4.78, 5) is 12.5. The van der Waals surface area contributed by atoms with Crippen LogP contribution >= 0.6 is 0 Å². The third-order valence-corrected chi connectivity index (χ3v) is 4.42. The van der Waals surface area contributed by atoms with Gasteiger partial charge in [0.1, 0.15) is 0 Å². The largest absolute Gasteiger partial charge is 0.338 e. The molecular weight excluding hydrogens is 296 g/mol. The number of hydrogen-bond donors (Lipinski definition) is 2. The minimum atomic E-state index is -1.09. The Hall–Kier alpha value is -2.14. The number of benzene rings is 2. The van der Waals surface area contributed by atoms with E-state index in [2.05, 4.69) is 10.6 Å². The van der Waals surface area contributed by atoms with Crippen molar-refractivity contribution >= 4 is 22.5 Å². The van der Waals surface area contributed by atoms with E-state index in [1.807, 2.05) is 61.5 Å². The van der Waals surface area contributed by atoms with Gasteiger partial charge in [0.05, 0.1) is 16.6 Å². The molecule has 0 saturated carbocycles. The molecule has 116 valence electrons. The quantitative estimate of drug-likeness (QED) is 0.856. The fourth-order valence-corrected chi connectivity index (χ4v) is 3.07. The van der Waals surface area contributed by atoms with Crippen molar-refractivity contribution in [3.05, 3.63) is 60.2 Å². The first-order chi connectivity index (χ1) is 10.7.